The molecule has 0 spiro atoms. The van der Waals surface area contributed by atoms with Gasteiger partial charge in [-0.15, -0.1) is 0 Å². The predicted octanol–water partition coefficient (Wildman–Crippen LogP) is 6.21. The fraction of sp³-hybridized carbons (Fsp3) is 0.200. The first-order chi connectivity index (χ1) is 15.9. The standard InChI is InChI=1S/C25H20F5N3O/c1-11-6-12(2)8-17(7-11)32-13(3)9-16(15(32)5)10-18-14(4)31-33(25(18)34)24-22(29)20(27)19(26)21(28)23(24)30/h6-10H,1-5H3/b18-10+. The topological polar surface area (TPSA) is 37.6 Å². The van der Waals surface area contributed by atoms with Gasteiger partial charge >= 0.3 is 0 Å². The number of carbonyl (C=O) groups excluding carboxylic acids is 1. The second-order valence-corrected chi connectivity index (χ2v) is 8.29. The Balaban J connectivity index is 1.79. The average Bonchev–Trinajstić information content (AvgIpc) is 3.20. The van der Waals surface area contributed by atoms with Crippen LogP contribution < -0.4 is 5.01 Å². The van der Waals surface area contributed by atoms with Gasteiger partial charge in [-0.2, -0.15) is 10.1 Å². The molecule has 1 aromatic heterocycles. The van der Waals surface area contributed by atoms with Crippen molar-refractivity contribution >= 4 is 23.4 Å². The number of aryl methyl sites for hydroxylation is 3. The number of carbonyl (C=O) groups is 1. The third-order valence-electron chi connectivity index (χ3n) is 5.70. The average molecular weight is 473 g/mol. The highest BCUT2D eigenvalue weighted by atomic mass is 19.2. The van der Waals surface area contributed by atoms with Crippen LogP contribution in [0, 0.1) is 56.8 Å². The molecular formula is C25H20F5N3O. The molecule has 3 aromatic rings. The third-order valence-corrected chi connectivity index (χ3v) is 5.70. The largest absolute Gasteiger partial charge is 0.318 e. The number of hydrogen-bond acceptors (Lipinski definition) is 2. The number of rotatable bonds is 3. The fourth-order valence-corrected chi connectivity index (χ4v) is 4.18. The van der Waals surface area contributed by atoms with Crippen LogP contribution in [0.15, 0.2) is 34.9 Å². The van der Waals surface area contributed by atoms with Crippen LogP contribution in [0.3, 0.4) is 0 Å². The molecule has 1 aliphatic heterocycles. The van der Waals surface area contributed by atoms with Gasteiger partial charge in [0.25, 0.3) is 5.91 Å². The summed E-state index contributed by atoms with van der Waals surface area (Å²) in [6.07, 6.45) is 1.49. The summed E-state index contributed by atoms with van der Waals surface area (Å²) in [6.45, 7) is 9.13. The zero-order valence-electron chi connectivity index (χ0n) is 19.0. The van der Waals surface area contributed by atoms with E-state index < -0.39 is 40.7 Å². The van der Waals surface area contributed by atoms with E-state index in [0.717, 1.165) is 28.2 Å². The molecule has 4 rings (SSSR count). The maximum Gasteiger partial charge on any atom is 0.280 e. The molecule has 0 fully saturated rings. The van der Waals surface area contributed by atoms with Crippen LogP contribution in [0.25, 0.3) is 11.8 Å². The number of nitrogens with zero attached hydrogens (tertiary/aromatic N) is 3. The van der Waals surface area contributed by atoms with Crippen molar-refractivity contribution in [3.8, 4) is 5.69 Å². The Labute approximate surface area is 192 Å². The van der Waals surface area contributed by atoms with Crippen molar-refractivity contribution in [1.82, 2.24) is 4.57 Å². The van der Waals surface area contributed by atoms with Gasteiger partial charge < -0.3 is 4.57 Å². The minimum atomic E-state index is -2.30. The SMILES string of the molecule is CC1=NN(c2c(F)c(F)c(F)c(F)c2F)C(=O)/C1=C/c1cc(C)n(-c2cc(C)cc(C)c2)c1C. The van der Waals surface area contributed by atoms with Crippen LogP contribution in [0.1, 0.15) is 35.0 Å². The number of anilines is 1. The molecule has 0 saturated heterocycles. The highest BCUT2D eigenvalue weighted by Gasteiger charge is 2.37. The van der Waals surface area contributed by atoms with Gasteiger partial charge in [0.15, 0.2) is 23.3 Å². The molecule has 0 saturated carbocycles. The van der Waals surface area contributed by atoms with Gasteiger partial charge in [-0.25, -0.2) is 22.0 Å². The summed E-state index contributed by atoms with van der Waals surface area (Å²) in [5.74, 6) is -11.9. The molecule has 1 amide bonds. The summed E-state index contributed by atoms with van der Waals surface area (Å²) in [7, 11) is 0. The van der Waals surface area contributed by atoms with Gasteiger partial charge in [0.1, 0.15) is 5.69 Å². The van der Waals surface area contributed by atoms with E-state index in [9.17, 15) is 26.7 Å². The molecule has 176 valence electrons. The first kappa shape index (κ1) is 23.4. The van der Waals surface area contributed by atoms with Crippen LogP contribution in [0.2, 0.25) is 0 Å². The van der Waals surface area contributed by atoms with E-state index in [-0.39, 0.29) is 16.3 Å². The van der Waals surface area contributed by atoms with E-state index in [1.807, 2.05) is 56.5 Å². The van der Waals surface area contributed by atoms with Crippen LogP contribution in [0.5, 0.6) is 0 Å². The summed E-state index contributed by atoms with van der Waals surface area (Å²) in [5, 5.41) is 3.99. The highest BCUT2D eigenvalue weighted by Crippen LogP contribution is 2.34. The Morgan fingerprint density at radius 2 is 1.29 bits per heavy atom. The van der Waals surface area contributed by atoms with Crippen molar-refractivity contribution in [1.29, 1.82) is 0 Å². The number of hydrogen-bond donors (Lipinski definition) is 0. The first-order valence-electron chi connectivity index (χ1n) is 10.3. The minimum absolute atomic E-state index is 0.0235. The number of benzene rings is 2. The summed E-state index contributed by atoms with van der Waals surface area (Å²) >= 11 is 0. The molecule has 34 heavy (non-hydrogen) atoms. The number of halogens is 5. The highest BCUT2D eigenvalue weighted by molar-refractivity contribution is 6.32. The van der Waals surface area contributed by atoms with Crippen LogP contribution in [-0.4, -0.2) is 16.2 Å². The van der Waals surface area contributed by atoms with Crippen molar-refractivity contribution in [2.45, 2.75) is 34.6 Å². The lowest BCUT2D eigenvalue weighted by Crippen LogP contribution is -2.25. The summed E-state index contributed by atoms with van der Waals surface area (Å²) in [4.78, 5) is 13.0. The molecule has 0 N–H and O–H groups in total. The molecule has 0 bridgehead atoms. The van der Waals surface area contributed by atoms with Crippen LogP contribution in [0.4, 0.5) is 27.6 Å². The third kappa shape index (κ3) is 3.61. The molecule has 0 aliphatic carbocycles. The summed E-state index contributed by atoms with van der Waals surface area (Å²) in [6, 6.07) is 7.91. The van der Waals surface area contributed by atoms with Crippen molar-refractivity contribution in [3.05, 3.63) is 87.0 Å². The van der Waals surface area contributed by atoms with E-state index in [4.69, 9.17) is 0 Å². The quantitative estimate of drug-likeness (QED) is 0.193. The van der Waals surface area contributed by atoms with Crippen molar-refractivity contribution in [3.63, 3.8) is 0 Å². The van der Waals surface area contributed by atoms with Gasteiger partial charge in [-0.3, -0.25) is 4.79 Å². The lowest BCUT2D eigenvalue weighted by molar-refractivity contribution is -0.114. The van der Waals surface area contributed by atoms with Gasteiger partial charge in [0.2, 0.25) is 5.82 Å². The molecule has 1 aliphatic rings. The molecule has 0 atom stereocenters. The number of aromatic nitrogens is 1. The maximum absolute atomic E-state index is 14.3. The van der Waals surface area contributed by atoms with Gasteiger partial charge in [-0.1, -0.05) is 6.07 Å². The molecule has 0 radical (unpaired) electrons. The monoisotopic (exact) mass is 473 g/mol. The minimum Gasteiger partial charge on any atom is -0.318 e. The van der Waals surface area contributed by atoms with Crippen molar-refractivity contribution in [2.24, 2.45) is 5.10 Å². The maximum atomic E-state index is 14.3. The molecular weight excluding hydrogens is 453 g/mol. The van der Waals surface area contributed by atoms with Gasteiger partial charge in [-0.05, 0) is 75.6 Å². The normalized spacial score (nSPS) is 15.0. The van der Waals surface area contributed by atoms with E-state index in [1.165, 1.54) is 13.0 Å². The zero-order chi connectivity index (χ0) is 25.1. The van der Waals surface area contributed by atoms with Crippen molar-refractivity contribution < 1.29 is 26.7 Å². The van der Waals surface area contributed by atoms with Crippen molar-refractivity contribution in [2.75, 3.05) is 5.01 Å². The Morgan fingerprint density at radius 3 is 1.85 bits per heavy atom. The first-order valence-corrected chi connectivity index (χ1v) is 10.3. The Morgan fingerprint density at radius 1 is 0.765 bits per heavy atom. The number of hydrazone groups is 1. The molecule has 2 aromatic carbocycles. The number of amides is 1. The molecule has 2 heterocycles. The van der Waals surface area contributed by atoms with E-state index >= 15 is 0 Å². The Hall–Kier alpha value is -3.75. The molecule has 9 heteroatoms. The predicted molar refractivity (Wildman–Crippen MR) is 120 cm³/mol. The Kier molecular flexibility index (Phi) is 5.67. The Bertz CT molecular complexity index is 1390. The van der Waals surface area contributed by atoms with Crippen LogP contribution in [-0.2, 0) is 4.79 Å². The van der Waals surface area contributed by atoms with Gasteiger partial charge in [0, 0.05) is 17.1 Å². The summed E-state index contributed by atoms with van der Waals surface area (Å²) < 4.78 is 71.3. The lowest BCUT2D eigenvalue weighted by Gasteiger charge is -2.15. The zero-order valence-corrected chi connectivity index (χ0v) is 19.0. The second kappa shape index (κ2) is 8.23. The smallest absolute Gasteiger partial charge is 0.280 e. The van der Waals surface area contributed by atoms with Crippen LogP contribution >= 0.6 is 0 Å². The molecule has 4 nitrogen and oxygen atoms in total. The lowest BCUT2D eigenvalue weighted by atomic mass is 10.1. The van der Waals surface area contributed by atoms with E-state index in [2.05, 4.69) is 5.10 Å². The van der Waals surface area contributed by atoms with E-state index in [1.54, 1.807) is 0 Å². The van der Waals surface area contributed by atoms with E-state index in [0.29, 0.717) is 5.56 Å². The second-order valence-electron chi connectivity index (χ2n) is 8.29. The summed E-state index contributed by atoms with van der Waals surface area (Å²) in [5.41, 5.74) is 4.05. The fourth-order valence-electron chi connectivity index (χ4n) is 4.18. The van der Waals surface area contributed by atoms with Gasteiger partial charge in [0.05, 0.1) is 11.3 Å². The molecule has 0 unspecified atom stereocenters.